The van der Waals surface area contributed by atoms with Crippen molar-refractivity contribution >= 4 is 17.7 Å². The number of rotatable bonds is 9. The van der Waals surface area contributed by atoms with Crippen LogP contribution in [0.5, 0.6) is 0 Å². The smallest absolute Gasteiger partial charge is 0.217 e. The minimum Gasteiger partial charge on any atom is -0.392 e. The lowest BCUT2D eigenvalue weighted by atomic mass is 9.91. The molecule has 1 fully saturated rings. The number of hydrogen-bond acceptors (Lipinski definition) is 6. The summed E-state index contributed by atoms with van der Waals surface area (Å²) in [5, 5.41) is 13.3. The van der Waals surface area contributed by atoms with E-state index in [-0.39, 0.29) is 30.6 Å². The molecule has 0 saturated carbocycles. The molecule has 1 amide bonds. The highest BCUT2D eigenvalue weighted by Gasteiger charge is 2.38. The van der Waals surface area contributed by atoms with Gasteiger partial charge in [-0.2, -0.15) is 0 Å². The second-order valence-electron chi connectivity index (χ2n) is 10.1. The maximum atomic E-state index is 11.5. The first-order valence-electron chi connectivity index (χ1n) is 13.5. The number of carbonyl (C=O) groups excluding carboxylic acids is 1. The molecule has 1 saturated heterocycles. The van der Waals surface area contributed by atoms with E-state index in [9.17, 15) is 9.90 Å². The Balaban J connectivity index is 1.39. The van der Waals surface area contributed by atoms with E-state index in [1.54, 1.807) is 18.0 Å². The van der Waals surface area contributed by atoms with Crippen LogP contribution in [0.3, 0.4) is 0 Å². The molecule has 8 heteroatoms. The number of carbonyl (C=O) groups is 1. The summed E-state index contributed by atoms with van der Waals surface area (Å²) in [6.07, 6.45) is 2.98. The molecule has 4 aromatic rings. The molecule has 3 aromatic carbocycles. The topological polar surface area (TPSA) is 85.6 Å². The number of ether oxygens (including phenoxy) is 2. The van der Waals surface area contributed by atoms with Gasteiger partial charge in [0, 0.05) is 50.1 Å². The minimum atomic E-state index is -0.533. The molecule has 40 heavy (non-hydrogen) atoms. The third-order valence-electron chi connectivity index (χ3n) is 7.32. The molecule has 7 nitrogen and oxygen atoms in total. The first-order valence-corrected chi connectivity index (χ1v) is 14.4. The van der Waals surface area contributed by atoms with Gasteiger partial charge >= 0.3 is 0 Å². The quantitative estimate of drug-likeness (QED) is 0.253. The van der Waals surface area contributed by atoms with Gasteiger partial charge in [0.05, 0.1) is 18.8 Å². The third kappa shape index (κ3) is 6.47. The standard InChI is InChI=1S/C32H35N3O4S/c1-21-29(20-40-32-33-16-17-35(32)3)38-31(39-30(21)25-10-8-23(19-36)9-11-25)26-14-12-24(13-15-26)28-7-5-4-6-27(28)18-34-22(2)37/h4-17,21,29-31,36H,18-20H2,1-3H3,(H,34,37). The maximum absolute atomic E-state index is 11.5. The molecule has 0 spiro atoms. The average molecular weight is 558 g/mol. The fraction of sp³-hybridized carbons (Fsp3) is 0.312. The first kappa shape index (κ1) is 28.1. The van der Waals surface area contributed by atoms with Crippen LogP contribution in [-0.4, -0.2) is 32.4 Å². The van der Waals surface area contributed by atoms with Gasteiger partial charge in [0.1, 0.15) is 0 Å². The largest absolute Gasteiger partial charge is 0.392 e. The summed E-state index contributed by atoms with van der Waals surface area (Å²) in [6, 6.07) is 24.3. The molecule has 0 radical (unpaired) electrons. The number of aryl methyl sites for hydroxylation is 1. The number of amides is 1. The van der Waals surface area contributed by atoms with Crippen LogP contribution in [0, 0.1) is 5.92 Å². The van der Waals surface area contributed by atoms with E-state index in [2.05, 4.69) is 47.6 Å². The summed E-state index contributed by atoms with van der Waals surface area (Å²) in [6.45, 7) is 4.18. The van der Waals surface area contributed by atoms with Gasteiger partial charge in [0.15, 0.2) is 11.4 Å². The van der Waals surface area contributed by atoms with Crippen molar-refractivity contribution in [2.24, 2.45) is 13.0 Å². The molecular formula is C32H35N3O4S. The van der Waals surface area contributed by atoms with Gasteiger partial charge in [-0.05, 0) is 27.8 Å². The van der Waals surface area contributed by atoms with E-state index in [0.29, 0.717) is 6.54 Å². The summed E-state index contributed by atoms with van der Waals surface area (Å²) in [5.41, 5.74) is 6.07. The lowest BCUT2D eigenvalue weighted by Gasteiger charge is -2.41. The zero-order valence-electron chi connectivity index (χ0n) is 23.0. The van der Waals surface area contributed by atoms with Crippen LogP contribution in [0.1, 0.15) is 48.5 Å². The number of nitrogens with one attached hydrogen (secondary N) is 1. The number of aromatic nitrogens is 2. The van der Waals surface area contributed by atoms with Gasteiger partial charge in [0.2, 0.25) is 5.91 Å². The molecule has 0 bridgehead atoms. The molecule has 2 N–H and O–H groups in total. The molecule has 1 aliphatic rings. The van der Waals surface area contributed by atoms with Crippen LogP contribution in [-0.2, 0) is 34.5 Å². The molecule has 1 aromatic heterocycles. The summed E-state index contributed by atoms with van der Waals surface area (Å²) in [7, 11) is 1.99. The van der Waals surface area contributed by atoms with E-state index >= 15 is 0 Å². The number of benzene rings is 3. The van der Waals surface area contributed by atoms with Crippen molar-refractivity contribution in [1.82, 2.24) is 14.9 Å². The van der Waals surface area contributed by atoms with Crippen LogP contribution in [0.25, 0.3) is 11.1 Å². The van der Waals surface area contributed by atoms with E-state index in [4.69, 9.17) is 9.47 Å². The van der Waals surface area contributed by atoms with Gasteiger partial charge in [-0.1, -0.05) is 91.5 Å². The molecule has 5 rings (SSSR count). The average Bonchev–Trinajstić information content (AvgIpc) is 3.40. The number of thioether (sulfide) groups is 1. The molecule has 4 atom stereocenters. The van der Waals surface area contributed by atoms with Gasteiger partial charge in [-0.25, -0.2) is 4.98 Å². The summed E-state index contributed by atoms with van der Waals surface area (Å²) < 4.78 is 15.2. The second-order valence-corrected chi connectivity index (χ2v) is 11.1. The third-order valence-corrected chi connectivity index (χ3v) is 8.46. The van der Waals surface area contributed by atoms with Crippen molar-refractivity contribution < 1.29 is 19.4 Å². The van der Waals surface area contributed by atoms with Crippen LogP contribution in [0.2, 0.25) is 0 Å². The van der Waals surface area contributed by atoms with E-state index in [0.717, 1.165) is 44.3 Å². The Labute approximate surface area is 239 Å². The summed E-state index contributed by atoms with van der Waals surface area (Å²) >= 11 is 1.68. The highest BCUT2D eigenvalue weighted by molar-refractivity contribution is 7.99. The molecule has 0 aliphatic carbocycles. The summed E-state index contributed by atoms with van der Waals surface area (Å²) in [4.78, 5) is 15.9. The van der Waals surface area contributed by atoms with Crippen molar-refractivity contribution in [3.05, 3.63) is 107 Å². The van der Waals surface area contributed by atoms with Gasteiger partial charge in [-0.3, -0.25) is 4.79 Å². The lowest BCUT2D eigenvalue weighted by molar-refractivity contribution is -0.268. The highest BCUT2D eigenvalue weighted by atomic mass is 32.2. The Morgan fingerprint density at radius 1 is 1.02 bits per heavy atom. The molecule has 208 valence electrons. The van der Waals surface area contributed by atoms with E-state index in [1.807, 2.05) is 60.3 Å². The van der Waals surface area contributed by atoms with Crippen LogP contribution < -0.4 is 5.32 Å². The fourth-order valence-corrected chi connectivity index (χ4v) is 6.05. The summed E-state index contributed by atoms with van der Waals surface area (Å²) in [5.74, 6) is 0.789. The zero-order chi connectivity index (χ0) is 28.1. The fourth-order valence-electron chi connectivity index (χ4n) is 4.95. The van der Waals surface area contributed by atoms with Crippen molar-refractivity contribution in [3.63, 3.8) is 0 Å². The van der Waals surface area contributed by atoms with E-state index < -0.39 is 6.29 Å². The van der Waals surface area contributed by atoms with Gasteiger partial charge < -0.3 is 24.5 Å². The van der Waals surface area contributed by atoms with Crippen molar-refractivity contribution in [2.75, 3.05) is 5.75 Å². The van der Waals surface area contributed by atoms with Crippen LogP contribution in [0.4, 0.5) is 0 Å². The van der Waals surface area contributed by atoms with Gasteiger partial charge in [0.25, 0.3) is 0 Å². The number of hydrogen-bond donors (Lipinski definition) is 2. The number of imidazole rings is 1. The number of aliphatic hydroxyl groups excluding tert-OH is 1. The Kier molecular flexibility index (Phi) is 9.01. The molecule has 2 heterocycles. The normalized spacial score (nSPS) is 20.8. The lowest BCUT2D eigenvalue weighted by Crippen LogP contribution is -2.38. The van der Waals surface area contributed by atoms with E-state index in [1.165, 1.54) is 6.92 Å². The molecule has 4 unspecified atom stereocenters. The Morgan fingerprint density at radius 3 is 2.42 bits per heavy atom. The Morgan fingerprint density at radius 2 is 1.75 bits per heavy atom. The second kappa shape index (κ2) is 12.8. The molecule has 1 aliphatic heterocycles. The minimum absolute atomic E-state index is 0.0102. The van der Waals surface area contributed by atoms with Crippen molar-refractivity contribution in [1.29, 1.82) is 0 Å². The maximum Gasteiger partial charge on any atom is 0.217 e. The zero-order valence-corrected chi connectivity index (χ0v) is 23.8. The van der Waals surface area contributed by atoms with Crippen molar-refractivity contribution in [2.45, 2.75) is 50.7 Å². The first-order chi connectivity index (χ1) is 19.4. The predicted octanol–water partition coefficient (Wildman–Crippen LogP) is 5.80. The van der Waals surface area contributed by atoms with Crippen molar-refractivity contribution in [3.8, 4) is 11.1 Å². The SMILES string of the molecule is CC(=O)NCc1ccccc1-c1ccc(C2OC(CSc3nccn3C)C(C)C(c3ccc(CO)cc3)O2)cc1. The van der Waals surface area contributed by atoms with Gasteiger partial charge in [-0.15, -0.1) is 0 Å². The molecular weight excluding hydrogens is 522 g/mol. The predicted molar refractivity (Wildman–Crippen MR) is 156 cm³/mol. The monoisotopic (exact) mass is 557 g/mol. The highest BCUT2D eigenvalue weighted by Crippen LogP contribution is 2.43. The Bertz CT molecular complexity index is 1420. The van der Waals surface area contributed by atoms with Crippen LogP contribution in [0.15, 0.2) is 90.3 Å². The number of aliphatic hydroxyl groups is 1. The Hall–Kier alpha value is -3.43. The van der Waals surface area contributed by atoms with Crippen LogP contribution >= 0.6 is 11.8 Å². The number of nitrogens with zero attached hydrogens (tertiary/aromatic N) is 2.